The van der Waals surface area contributed by atoms with Gasteiger partial charge >= 0.3 is 0 Å². The van der Waals surface area contributed by atoms with Gasteiger partial charge < -0.3 is 14.7 Å². The fraction of sp³-hybridized carbons (Fsp3) is 0.625. The minimum atomic E-state index is 0.291. The van der Waals surface area contributed by atoms with Crippen LogP contribution in [0.25, 0.3) is 0 Å². The largest absolute Gasteiger partial charge is 0.490 e. The SMILES string of the molecule is Cc1cccc(C)c1OC1CCN(CCCO)CC1. The standard InChI is InChI=1S/C16H25NO2/c1-13-5-3-6-14(2)16(13)19-15-7-10-17(11-8-15)9-4-12-18/h3,5-6,15,18H,4,7-12H2,1-2H3. The molecule has 1 saturated heterocycles. The first-order chi connectivity index (χ1) is 9.20. The van der Waals surface area contributed by atoms with E-state index in [9.17, 15) is 0 Å². The maximum absolute atomic E-state index is 8.85. The van der Waals surface area contributed by atoms with Gasteiger partial charge in [0.05, 0.1) is 0 Å². The van der Waals surface area contributed by atoms with Crippen LogP contribution in [0.3, 0.4) is 0 Å². The molecule has 0 amide bonds. The number of para-hydroxylation sites is 1. The fourth-order valence-corrected chi connectivity index (χ4v) is 2.70. The second-order valence-electron chi connectivity index (χ2n) is 5.46. The van der Waals surface area contributed by atoms with Crippen molar-refractivity contribution in [1.82, 2.24) is 4.90 Å². The number of nitrogens with zero attached hydrogens (tertiary/aromatic N) is 1. The molecule has 1 heterocycles. The molecule has 0 atom stereocenters. The number of hydrogen-bond acceptors (Lipinski definition) is 3. The van der Waals surface area contributed by atoms with Gasteiger partial charge in [-0.1, -0.05) is 18.2 Å². The molecule has 0 radical (unpaired) electrons. The fourth-order valence-electron chi connectivity index (χ4n) is 2.70. The van der Waals surface area contributed by atoms with Crippen molar-refractivity contribution >= 4 is 0 Å². The quantitative estimate of drug-likeness (QED) is 0.886. The van der Waals surface area contributed by atoms with Crippen molar-refractivity contribution in [2.75, 3.05) is 26.2 Å². The van der Waals surface area contributed by atoms with Gasteiger partial charge in [0.2, 0.25) is 0 Å². The average molecular weight is 263 g/mol. The van der Waals surface area contributed by atoms with Gasteiger partial charge in [0, 0.05) is 26.2 Å². The number of likely N-dealkylation sites (tertiary alicyclic amines) is 1. The van der Waals surface area contributed by atoms with Crippen LogP contribution in [-0.4, -0.2) is 42.4 Å². The Morgan fingerprint density at radius 1 is 1.21 bits per heavy atom. The highest BCUT2D eigenvalue weighted by atomic mass is 16.5. The molecule has 2 rings (SSSR count). The summed E-state index contributed by atoms with van der Waals surface area (Å²) in [6.07, 6.45) is 3.38. The lowest BCUT2D eigenvalue weighted by molar-refractivity contribution is 0.0953. The van der Waals surface area contributed by atoms with Gasteiger partial charge in [-0.05, 0) is 44.2 Å². The maximum Gasteiger partial charge on any atom is 0.125 e. The minimum absolute atomic E-state index is 0.291. The van der Waals surface area contributed by atoms with Crippen molar-refractivity contribution in [3.8, 4) is 5.75 Å². The van der Waals surface area contributed by atoms with E-state index >= 15 is 0 Å². The summed E-state index contributed by atoms with van der Waals surface area (Å²) in [7, 11) is 0. The number of piperidine rings is 1. The van der Waals surface area contributed by atoms with Crippen LogP contribution < -0.4 is 4.74 Å². The lowest BCUT2D eigenvalue weighted by Gasteiger charge is -2.32. The first-order valence-corrected chi connectivity index (χ1v) is 7.27. The Kier molecular flexibility index (Phi) is 5.23. The van der Waals surface area contributed by atoms with Gasteiger partial charge in [-0.3, -0.25) is 0 Å². The van der Waals surface area contributed by atoms with Gasteiger partial charge in [-0.15, -0.1) is 0 Å². The minimum Gasteiger partial charge on any atom is -0.490 e. The third-order valence-corrected chi connectivity index (χ3v) is 3.86. The monoisotopic (exact) mass is 263 g/mol. The zero-order valence-electron chi connectivity index (χ0n) is 12.1. The molecule has 1 aliphatic heterocycles. The molecule has 106 valence electrons. The summed E-state index contributed by atoms with van der Waals surface area (Å²) >= 11 is 0. The van der Waals surface area contributed by atoms with Crippen LogP contribution in [0.1, 0.15) is 30.4 Å². The van der Waals surface area contributed by atoms with Crippen molar-refractivity contribution in [2.24, 2.45) is 0 Å². The molecule has 3 heteroatoms. The van der Waals surface area contributed by atoms with Crippen molar-refractivity contribution in [3.05, 3.63) is 29.3 Å². The second-order valence-corrected chi connectivity index (χ2v) is 5.46. The van der Waals surface area contributed by atoms with Crippen LogP contribution in [0.4, 0.5) is 0 Å². The van der Waals surface area contributed by atoms with E-state index in [-0.39, 0.29) is 0 Å². The van der Waals surface area contributed by atoms with E-state index in [1.165, 1.54) is 11.1 Å². The Bertz CT molecular complexity index is 377. The summed E-state index contributed by atoms with van der Waals surface area (Å²) in [5.41, 5.74) is 2.45. The molecule has 1 aromatic rings. The van der Waals surface area contributed by atoms with E-state index in [2.05, 4.69) is 36.9 Å². The molecule has 0 aromatic heterocycles. The van der Waals surface area contributed by atoms with E-state index in [1.807, 2.05) is 0 Å². The first-order valence-electron chi connectivity index (χ1n) is 7.27. The van der Waals surface area contributed by atoms with Crippen LogP contribution in [0, 0.1) is 13.8 Å². The summed E-state index contributed by atoms with van der Waals surface area (Å²) in [6.45, 7) is 7.67. The third-order valence-electron chi connectivity index (χ3n) is 3.86. The summed E-state index contributed by atoms with van der Waals surface area (Å²) in [5, 5.41) is 8.85. The summed E-state index contributed by atoms with van der Waals surface area (Å²) < 4.78 is 6.19. The predicted molar refractivity (Wildman–Crippen MR) is 77.7 cm³/mol. The smallest absolute Gasteiger partial charge is 0.125 e. The Balaban J connectivity index is 1.85. The molecular weight excluding hydrogens is 238 g/mol. The highest BCUT2D eigenvalue weighted by Gasteiger charge is 2.21. The maximum atomic E-state index is 8.85. The average Bonchev–Trinajstić information content (AvgIpc) is 2.42. The number of benzene rings is 1. The van der Waals surface area contributed by atoms with Crippen molar-refractivity contribution in [1.29, 1.82) is 0 Å². The second kappa shape index (κ2) is 6.92. The van der Waals surface area contributed by atoms with Crippen LogP contribution in [0.5, 0.6) is 5.75 Å². The van der Waals surface area contributed by atoms with Crippen LogP contribution in [0.2, 0.25) is 0 Å². The van der Waals surface area contributed by atoms with E-state index in [4.69, 9.17) is 9.84 Å². The summed E-state index contributed by atoms with van der Waals surface area (Å²) in [5.74, 6) is 1.07. The molecule has 0 saturated carbocycles. The van der Waals surface area contributed by atoms with Crippen molar-refractivity contribution in [2.45, 2.75) is 39.2 Å². The van der Waals surface area contributed by atoms with Crippen LogP contribution in [-0.2, 0) is 0 Å². The summed E-state index contributed by atoms with van der Waals surface area (Å²) in [6, 6.07) is 6.30. The molecule has 19 heavy (non-hydrogen) atoms. The molecule has 1 aliphatic rings. The van der Waals surface area contributed by atoms with Gasteiger partial charge in [-0.2, -0.15) is 0 Å². The predicted octanol–water partition coefficient (Wildman–Crippen LogP) is 2.53. The lowest BCUT2D eigenvalue weighted by Crippen LogP contribution is -2.39. The molecule has 1 N–H and O–H groups in total. The van der Waals surface area contributed by atoms with E-state index in [1.54, 1.807) is 0 Å². The van der Waals surface area contributed by atoms with Gasteiger partial charge in [0.15, 0.2) is 0 Å². The number of aliphatic hydroxyl groups is 1. The Morgan fingerprint density at radius 2 is 1.84 bits per heavy atom. The Morgan fingerprint density at radius 3 is 2.42 bits per heavy atom. The number of aryl methyl sites for hydroxylation is 2. The zero-order valence-corrected chi connectivity index (χ0v) is 12.1. The Hall–Kier alpha value is -1.06. The molecular formula is C16H25NO2. The normalized spacial score (nSPS) is 17.6. The van der Waals surface area contributed by atoms with E-state index in [0.29, 0.717) is 12.7 Å². The van der Waals surface area contributed by atoms with E-state index in [0.717, 1.165) is 44.6 Å². The summed E-state index contributed by atoms with van der Waals surface area (Å²) in [4.78, 5) is 2.42. The van der Waals surface area contributed by atoms with Gasteiger partial charge in [-0.25, -0.2) is 0 Å². The molecule has 1 aromatic carbocycles. The van der Waals surface area contributed by atoms with Crippen LogP contribution >= 0.6 is 0 Å². The van der Waals surface area contributed by atoms with Crippen molar-refractivity contribution in [3.63, 3.8) is 0 Å². The molecule has 0 bridgehead atoms. The highest BCUT2D eigenvalue weighted by molar-refractivity contribution is 5.39. The molecule has 0 spiro atoms. The van der Waals surface area contributed by atoms with Crippen molar-refractivity contribution < 1.29 is 9.84 Å². The number of ether oxygens (including phenoxy) is 1. The van der Waals surface area contributed by atoms with Crippen LogP contribution in [0.15, 0.2) is 18.2 Å². The number of aliphatic hydroxyl groups excluding tert-OH is 1. The van der Waals surface area contributed by atoms with Gasteiger partial charge in [0.25, 0.3) is 0 Å². The Labute approximate surface area is 116 Å². The topological polar surface area (TPSA) is 32.7 Å². The molecule has 1 fully saturated rings. The molecule has 0 unspecified atom stereocenters. The zero-order chi connectivity index (χ0) is 13.7. The highest BCUT2D eigenvalue weighted by Crippen LogP contribution is 2.26. The number of rotatable bonds is 5. The number of hydrogen-bond donors (Lipinski definition) is 1. The lowest BCUT2D eigenvalue weighted by atomic mass is 10.1. The van der Waals surface area contributed by atoms with E-state index < -0.39 is 0 Å². The van der Waals surface area contributed by atoms with Gasteiger partial charge in [0.1, 0.15) is 11.9 Å². The first kappa shape index (κ1) is 14.4. The third kappa shape index (κ3) is 3.95. The molecule has 3 nitrogen and oxygen atoms in total. The molecule has 0 aliphatic carbocycles.